The lowest BCUT2D eigenvalue weighted by molar-refractivity contribution is -0.119. The van der Waals surface area contributed by atoms with Crippen molar-refractivity contribution in [3.05, 3.63) is 101 Å². The first-order valence-electron chi connectivity index (χ1n) is 11.6. The minimum Gasteiger partial charge on any atom is -0.360 e. The van der Waals surface area contributed by atoms with E-state index in [1.165, 1.54) is 0 Å². The van der Waals surface area contributed by atoms with E-state index in [9.17, 15) is 9.59 Å². The Morgan fingerprint density at radius 1 is 1.03 bits per heavy atom. The van der Waals surface area contributed by atoms with Gasteiger partial charge in [0.1, 0.15) is 0 Å². The fourth-order valence-corrected chi connectivity index (χ4v) is 4.85. The molecule has 0 saturated heterocycles. The van der Waals surface area contributed by atoms with Crippen molar-refractivity contribution in [2.45, 2.75) is 38.4 Å². The third-order valence-corrected chi connectivity index (χ3v) is 6.63. The van der Waals surface area contributed by atoms with Gasteiger partial charge in [0.2, 0.25) is 5.91 Å². The molecule has 1 amide bonds. The maximum atomic E-state index is 13.3. The second-order valence-corrected chi connectivity index (χ2v) is 8.97. The van der Waals surface area contributed by atoms with Gasteiger partial charge >= 0.3 is 0 Å². The summed E-state index contributed by atoms with van der Waals surface area (Å²) in [5, 5.41) is 0.912. The maximum Gasteiger partial charge on any atom is 0.227 e. The molecule has 1 aliphatic heterocycles. The quantitative estimate of drug-likeness (QED) is 0.301. The fraction of sp³-hybridized carbons (Fsp3) is 0.214. The number of fused-ring (bicyclic) bond motifs is 2. The number of aryl methyl sites for hydroxylation is 1. The van der Waals surface area contributed by atoms with Crippen molar-refractivity contribution in [1.82, 2.24) is 4.98 Å². The lowest BCUT2D eigenvalue weighted by Gasteiger charge is -2.35. The number of rotatable bonds is 6. The summed E-state index contributed by atoms with van der Waals surface area (Å²) in [6, 6.07) is 21.4. The van der Waals surface area contributed by atoms with Gasteiger partial charge in [-0.15, -0.1) is 0 Å². The van der Waals surface area contributed by atoms with Gasteiger partial charge in [-0.25, -0.2) is 0 Å². The highest BCUT2D eigenvalue weighted by molar-refractivity contribution is 6.16. The van der Waals surface area contributed by atoms with Crippen LogP contribution in [0.5, 0.6) is 0 Å². The van der Waals surface area contributed by atoms with Gasteiger partial charge in [-0.1, -0.05) is 42.5 Å². The van der Waals surface area contributed by atoms with E-state index in [0.717, 1.165) is 33.3 Å². The molecule has 172 valence electrons. The number of carbonyl (C=O) groups excluding carboxylic acids is 2. The molecule has 0 bridgehead atoms. The number of para-hydroxylation sites is 1. The Bertz CT molecular complexity index is 1370. The molecule has 0 aliphatic carbocycles. The van der Waals surface area contributed by atoms with E-state index in [0.29, 0.717) is 30.4 Å². The number of anilines is 1. The Kier molecular flexibility index (Phi) is 5.77. The Morgan fingerprint density at radius 2 is 1.79 bits per heavy atom. The summed E-state index contributed by atoms with van der Waals surface area (Å²) < 4.78 is 0. The van der Waals surface area contributed by atoms with Crippen LogP contribution in [-0.4, -0.2) is 22.8 Å². The molecule has 0 saturated carbocycles. The molecule has 1 aliphatic rings. The second kappa shape index (κ2) is 8.89. The first kappa shape index (κ1) is 22.1. The van der Waals surface area contributed by atoms with E-state index >= 15 is 0 Å². The summed E-state index contributed by atoms with van der Waals surface area (Å²) in [6.45, 7) is 2.03. The van der Waals surface area contributed by atoms with Gasteiger partial charge in [-0.3, -0.25) is 9.59 Å². The zero-order valence-corrected chi connectivity index (χ0v) is 19.1. The van der Waals surface area contributed by atoms with Crippen molar-refractivity contribution in [3.63, 3.8) is 0 Å². The van der Waals surface area contributed by atoms with Crippen molar-refractivity contribution in [2.24, 2.45) is 11.5 Å². The molecular formula is C28H28N4O2. The highest BCUT2D eigenvalue weighted by Gasteiger charge is 2.30. The smallest absolute Gasteiger partial charge is 0.227 e. The van der Waals surface area contributed by atoms with Crippen LogP contribution in [0.3, 0.4) is 0 Å². The SMILES string of the molecule is CC(c1ccc(CC(N)N)cc1)N1C(=O)CCc2cc(C(=O)c3c[nH]c4ccccc34)ccc21. The van der Waals surface area contributed by atoms with Crippen LogP contribution in [0.1, 0.15) is 52.0 Å². The van der Waals surface area contributed by atoms with E-state index < -0.39 is 0 Å². The summed E-state index contributed by atoms with van der Waals surface area (Å²) in [5.74, 6) is 0.0641. The number of nitrogens with two attached hydrogens (primary N) is 2. The average Bonchev–Trinajstić information content (AvgIpc) is 3.27. The summed E-state index contributed by atoms with van der Waals surface area (Å²) in [5.41, 5.74) is 17.6. The summed E-state index contributed by atoms with van der Waals surface area (Å²) in [7, 11) is 0. The van der Waals surface area contributed by atoms with Crippen molar-refractivity contribution >= 4 is 28.3 Å². The highest BCUT2D eigenvalue weighted by atomic mass is 16.2. The molecular weight excluding hydrogens is 424 g/mol. The van der Waals surface area contributed by atoms with Crippen LogP contribution in [0.15, 0.2) is 72.9 Å². The molecule has 34 heavy (non-hydrogen) atoms. The minimum atomic E-state index is -0.389. The molecule has 2 heterocycles. The Morgan fingerprint density at radius 3 is 2.56 bits per heavy atom. The third kappa shape index (κ3) is 4.02. The molecule has 3 aromatic carbocycles. The fourth-order valence-electron chi connectivity index (χ4n) is 4.85. The molecule has 4 aromatic rings. The van der Waals surface area contributed by atoms with Gasteiger partial charge in [0.05, 0.1) is 12.2 Å². The number of hydrogen-bond donors (Lipinski definition) is 3. The number of carbonyl (C=O) groups is 2. The number of aromatic nitrogens is 1. The Hall–Kier alpha value is -3.74. The number of H-pyrrole nitrogens is 1. The molecule has 6 nitrogen and oxygen atoms in total. The summed E-state index contributed by atoms with van der Waals surface area (Å²) in [6.07, 6.45) is 3.03. The molecule has 5 N–H and O–H groups in total. The van der Waals surface area contributed by atoms with Crippen LogP contribution < -0.4 is 16.4 Å². The van der Waals surface area contributed by atoms with E-state index in [1.807, 2.05) is 78.6 Å². The Balaban J connectivity index is 1.44. The van der Waals surface area contributed by atoms with Gasteiger partial charge in [0, 0.05) is 46.8 Å². The lowest BCUT2D eigenvalue weighted by atomic mass is 9.93. The predicted octanol–water partition coefficient (Wildman–Crippen LogP) is 4.23. The highest BCUT2D eigenvalue weighted by Crippen LogP contribution is 2.36. The molecule has 0 spiro atoms. The number of nitrogens with one attached hydrogen (secondary N) is 1. The van der Waals surface area contributed by atoms with Crippen molar-refractivity contribution in [3.8, 4) is 0 Å². The number of hydrogen-bond acceptors (Lipinski definition) is 4. The third-order valence-electron chi connectivity index (χ3n) is 6.63. The van der Waals surface area contributed by atoms with E-state index in [1.54, 1.807) is 6.20 Å². The van der Waals surface area contributed by atoms with Gasteiger partial charge in [-0.2, -0.15) is 0 Å². The Labute approximate surface area is 198 Å². The first-order valence-corrected chi connectivity index (χ1v) is 11.6. The number of ketones is 1. The topological polar surface area (TPSA) is 105 Å². The molecule has 6 heteroatoms. The molecule has 0 fully saturated rings. The predicted molar refractivity (Wildman–Crippen MR) is 135 cm³/mol. The number of nitrogens with zero attached hydrogens (tertiary/aromatic N) is 1. The van der Waals surface area contributed by atoms with Gasteiger partial charge in [0.15, 0.2) is 5.78 Å². The van der Waals surface area contributed by atoms with Crippen LogP contribution in [0.4, 0.5) is 5.69 Å². The summed E-state index contributed by atoms with van der Waals surface area (Å²) >= 11 is 0. The van der Waals surface area contributed by atoms with Gasteiger partial charge in [0.25, 0.3) is 0 Å². The molecule has 0 radical (unpaired) electrons. The van der Waals surface area contributed by atoms with E-state index in [2.05, 4.69) is 4.98 Å². The average molecular weight is 453 g/mol. The number of benzene rings is 3. The normalized spacial score (nSPS) is 14.5. The zero-order valence-electron chi connectivity index (χ0n) is 19.1. The van der Waals surface area contributed by atoms with Crippen LogP contribution in [0.2, 0.25) is 0 Å². The second-order valence-electron chi connectivity index (χ2n) is 8.97. The van der Waals surface area contributed by atoms with Crippen LogP contribution in [-0.2, 0) is 17.6 Å². The van der Waals surface area contributed by atoms with Crippen LogP contribution in [0.25, 0.3) is 10.9 Å². The lowest BCUT2D eigenvalue weighted by Crippen LogP contribution is -2.37. The molecule has 5 rings (SSSR count). The largest absolute Gasteiger partial charge is 0.360 e. The van der Waals surface area contributed by atoms with Crippen molar-refractivity contribution < 1.29 is 9.59 Å². The van der Waals surface area contributed by atoms with Gasteiger partial charge in [-0.05, 0) is 54.3 Å². The molecule has 1 unspecified atom stereocenters. The van der Waals surface area contributed by atoms with Crippen LogP contribution >= 0.6 is 0 Å². The maximum absolute atomic E-state index is 13.3. The number of amides is 1. The number of aromatic amines is 1. The zero-order chi connectivity index (χ0) is 23.8. The standard InChI is InChI=1S/C28H28N4O2/c1-17(19-8-6-18(7-9-19)14-26(29)30)32-25-12-10-21(15-20(25)11-13-27(32)33)28(34)23-16-31-24-5-3-2-4-22(23)24/h2-10,12,15-17,26,31H,11,13-14,29-30H2,1H3. The summed E-state index contributed by atoms with van der Waals surface area (Å²) in [4.78, 5) is 31.3. The van der Waals surface area contributed by atoms with E-state index in [4.69, 9.17) is 11.5 Å². The first-order chi connectivity index (χ1) is 16.4. The van der Waals surface area contributed by atoms with Crippen molar-refractivity contribution in [1.29, 1.82) is 0 Å². The van der Waals surface area contributed by atoms with Crippen molar-refractivity contribution in [2.75, 3.05) is 4.90 Å². The van der Waals surface area contributed by atoms with Crippen LogP contribution in [0, 0.1) is 0 Å². The monoisotopic (exact) mass is 452 g/mol. The van der Waals surface area contributed by atoms with E-state index in [-0.39, 0.29) is 23.9 Å². The van der Waals surface area contributed by atoms with Gasteiger partial charge < -0.3 is 21.4 Å². The molecule has 1 atom stereocenters. The minimum absolute atomic E-state index is 0.0227. The molecule has 1 aromatic heterocycles.